The summed E-state index contributed by atoms with van der Waals surface area (Å²) >= 11 is 1.55. The van der Waals surface area contributed by atoms with Gasteiger partial charge >= 0.3 is 6.03 Å². The van der Waals surface area contributed by atoms with Gasteiger partial charge in [0, 0.05) is 18.8 Å². The Morgan fingerprint density at radius 3 is 2.61 bits per heavy atom. The molecule has 0 aliphatic rings. The summed E-state index contributed by atoms with van der Waals surface area (Å²) < 4.78 is 0. The monoisotopic (exact) mass is 268 g/mol. The summed E-state index contributed by atoms with van der Waals surface area (Å²) in [5.41, 5.74) is 0.173. The molecule has 0 aliphatic heterocycles. The number of benzene rings is 1. The predicted molar refractivity (Wildman–Crippen MR) is 75.7 cm³/mol. The summed E-state index contributed by atoms with van der Waals surface area (Å²) in [5, 5.41) is 15.3. The highest BCUT2D eigenvalue weighted by Gasteiger charge is 2.20. The topological polar surface area (TPSA) is 61.4 Å². The van der Waals surface area contributed by atoms with Gasteiger partial charge in [0.05, 0.1) is 5.60 Å². The van der Waals surface area contributed by atoms with E-state index in [4.69, 9.17) is 0 Å². The second kappa shape index (κ2) is 7.28. The fourth-order valence-corrected chi connectivity index (χ4v) is 2.20. The van der Waals surface area contributed by atoms with Crippen molar-refractivity contribution in [1.82, 2.24) is 10.6 Å². The molecule has 0 radical (unpaired) electrons. The molecule has 1 rings (SSSR count). The van der Waals surface area contributed by atoms with E-state index in [-0.39, 0.29) is 12.6 Å². The van der Waals surface area contributed by atoms with Crippen LogP contribution in [0.5, 0.6) is 0 Å². The van der Waals surface area contributed by atoms with Gasteiger partial charge in [-0.3, -0.25) is 0 Å². The van der Waals surface area contributed by atoms with Crippen LogP contribution in [-0.2, 0) is 6.54 Å². The minimum absolute atomic E-state index is 0.245. The molecule has 18 heavy (non-hydrogen) atoms. The van der Waals surface area contributed by atoms with Crippen molar-refractivity contribution in [2.75, 3.05) is 18.6 Å². The molecule has 0 bridgehead atoms. The minimum atomic E-state index is -0.872. The van der Waals surface area contributed by atoms with Crippen LogP contribution >= 0.6 is 11.8 Å². The quantitative estimate of drug-likeness (QED) is 0.734. The normalized spacial score (nSPS) is 13.7. The largest absolute Gasteiger partial charge is 0.387 e. The minimum Gasteiger partial charge on any atom is -0.387 e. The standard InChI is InChI=1S/C13H20N2O2S/c1-13(17,10-18-2)9-15-12(16)14-8-11-6-4-3-5-7-11/h3-7,17H,8-10H2,1-2H3,(H2,14,15,16)/t13-/m0/s1. The lowest BCUT2D eigenvalue weighted by atomic mass is 10.1. The second-order valence-corrected chi connectivity index (χ2v) is 5.32. The average molecular weight is 268 g/mol. The number of nitrogens with one attached hydrogen (secondary N) is 2. The molecule has 0 fully saturated rings. The van der Waals surface area contributed by atoms with Crippen LogP contribution in [0, 0.1) is 0 Å². The van der Waals surface area contributed by atoms with Crippen LogP contribution in [0.3, 0.4) is 0 Å². The summed E-state index contributed by atoms with van der Waals surface area (Å²) in [4.78, 5) is 11.5. The van der Waals surface area contributed by atoms with Crippen LogP contribution in [0.4, 0.5) is 4.79 Å². The van der Waals surface area contributed by atoms with Crippen molar-refractivity contribution in [3.63, 3.8) is 0 Å². The van der Waals surface area contributed by atoms with E-state index < -0.39 is 5.60 Å². The molecule has 2 amide bonds. The molecule has 0 heterocycles. The molecule has 100 valence electrons. The van der Waals surface area contributed by atoms with E-state index in [1.165, 1.54) is 0 Å². The zero-order valence-electron chi connectivity index (χ0n) is 10.8. The van der Waals surface area contributed by atoms with Crippen molar-refractivity contribution in [1.29, 1.82) is 0 Å². The molecule has 5 heteroatoms. The van der Waals surface area contributed by atoms with Crippen LogP contribution in [-0.4, -0.2) is 35.3 Å². The Bertz CT molecular complexity index is 369. The van der Waals surface area contributed by atoms with Gasteiger partial charge < -0.3 is 15.7 Å². The Hall–Kier alpha value is -1.20. The number of carbonyl (C=O) groups is 1. The van der Waals surface area contributed by atoms with Gasteiger partial charge in [-0.15, -0.1) is 0 Å². The summed E-state index contributed by atoms with van der Waals surface area (Å²) in [7, 11) is 0. The number of hydrogen-bond donors (Lipinski definition) is 3. The Kier molecular flexibility index (Phi) is 6.01. The molecular formula is C13H20N2O2S. The van der Waals surface area contributed by atoms with Gasteiger partial charge in [0.1, 0.15) is 0 Å². The van der Waals surface area contributed by atoms with E-state index in [1.54, 1.807) is 18.7 Å². The molecule has 0 spiro atoms. The maximum atomic E-state index is 11.5. The summed E-state index contributed by atoms with van der Waals surface area (Å²) in [6, 6.07) is 9.42. The Labute approximate surface area is 112 Å². The van der Waals surface area contributed by atoms with Crippen LogP contribution in [0.15, 0.2) is 30.3 Å². The molecule has 0 saturated carbocycles. The first-order chi connectivity index (χ1) is 8.53. The van der Waals surface area contributed by atoms with Gasteiger partial charge in [-0.2, -0.15) is 11.8 Å². The van der Waals surface area contributed by atoms with Gasteiger partial charge in [0.2, 0.25) is 0 Å². The lowest BCUT2D eigenvalue weighted by Gasteiger charge is -2.22. The maximum Gasteiger partial charge on any atom is 0.315 e. The number of amides is 2. The van der Waals surface area contributed by atoms with Gasteiger partial charge in [-0.05, 0) is 18.7 Å². The third kappa shape index (κ3) is 5.93. The zero-order valence-corrected chi connectivity index (χ0v) is 11.6. The van der Waals surface area contributed by atoms with Crippen LogP contribution in [0.2, 0.25) is 0 Å². The predicted octanol–water partition coefficient (Wildman–Crippen LogP) is 1.60. The molecule has 1 aromatic rings. The van der Waals surface area contributed by atoms with Crippen molar-refractivity contribution in [3.05, 3.63) is 35.9 Å². The first-order valence-electron chi connectivity index (χ1n) is 5.80. The molecule has 0 aliphatic carbocycles. The molecular weight excluding hydrogens is 248 g/mol. The molecule has 0 aromatic heterocycles. The lowest BCUT2D eigenvalue weighted by Crippen LogP contribution is -2.45. The third-order valence-corrected chi connectivity index (χ3v) is 3.29. The smallest absolute Gasteiger partial charge is 0.315 e. The summed E-state index contributed by atoms with van der Waals surface area (Å²) in [6.45, 7) is 2.44. The molecule has 0 unspecified atom stereocenters. The Morgan fingerprint density at radius 2 is 2.00 bits per heavy atom. The van der Waals surface area contributed by atoms with Gasteiger partial charge in [0.25, 0.3) is 0 Å². The van der Waals surface area contributed by atoms with Gasteiger partial charge in [0.15, 0.2) is 0 Å². The van der Waals surface area contributed by atoms with Gasteiger partial charge in [-0.25, -0.2) is 4.79 Å². The Morgan fingerprint density at radius 1 is 1.33 bits per heavy atom. The van der Waals surface area contributed by atoms with Crippen LogP contribution in [0.25, 0.3) is 0 Å². The van der Waals surface area contributed by atoms with Crippen molar-refractivity contribution >= 4 is 17.8 Å². The van der Waals surface area contributed by atoms with E-state index >= 15 is 0 Å². The maximum absolute atomic E-state index is 11.5. The zero-order chi connectivity index (χ0) is 13.4. The van der Waals surface area contributed by atoms with E-state index in [1.807, 2.05) is 36.6 Å². The number of aliphatic hydroxyl groups is 1. The van der Waals surface area contributed by atoms with Crippen molar-refractivity contribution in [2.24, 2.45) is 0 Å². The average Bonchev–Trinajstić information content (AvgIpc) is 2.35. The Balaban J connectivity index is 2.26. The molecule has 3 N–H and O–H groups in total. The molecule has 1 aromatic carbocycles. The second-order valence-electron chi connectivity index (χ2n) is 4.45. The molecule has 1 atom stereocenters. The third-order valence-electron chi connectivity index (χ3n) is 2.38. The van der Waals surface area contributed by atoms with Gasteiger partial charge in [-0.1, -0.05) is 30.3 Å². The first-order valence-corrected chi connectivity index (χ1v) is 7.20. The fraction of sp³-hybridized carbons (Fsp3) is 0.462. The van der Waals surface area contributed by atoms with Crippen molar-refractivity contribution < 1.29 is 9.90 Å². The number of hydrogen-bond acceptors (Lipinski definition) is 3. The van der Waals surface area contributed by atoms with E-state index in [9.17, 15) is 9.90 Å². The lowest BCUT2D eigenvalue weighted by molar-refractivity contribution is 0.0869. The van der Waals surface area contributed by atoms with E-state index in [0.29, 0.717) is 12.3 Å². The highest BCUT2D eigenvalue weighted by molar-refractivity contribution is 7.98. The number of thioether (sulfide) groups is 1. The van der Waals surface area contributed by atoms with E-state index in [2.05, 4.69) is 10.6 Å². The summed E-state index contributed by atoms with van der Waals surface area (Å²) in [5.74, 6) is 0.589. The number of carbonyl (C=O) groups excluding carboxylic acids is 1. The first kappa shape index (κ1) is 14.9. The highest BCUT2D eigenvalue weighted by Crippen LogP contribution is 2.08. The number of rotatable bonds is 6. The molecule has 4 nitrogen and oxygen atoms in total. The van der Waals surface area contributed by atoms with Crippen LogP contribution < -0.4 is 10.6 Å². The summed E-state index contributed by atoms with van der Waals surface area (Å²) in [6.07, 6.45) is 1.92. The van der Waals surface area contributed by atoms with E-state index in [0.717, 1.165) is 5.56 Å². The SMILES string of the molecule is CSC[C@@](C)(O)CNC(=O)NCc1ccccc1. The number of urea groups is 1. The van der Waals surface area contributed by atoms with Crippen LogP contribution in [0.1, 0.15) is 12.5 Å². The molecule has 0 saturated heterocycles. The van der Waals surface area contributed by atoms with Crippen molar-refractivity contribution in [2.45, 2.75) is 19.1 Å². The fourth-order valence-electron chi connectivity index (χ4n) is 1.47. The van der Waals surface area contributed by atoms with Crippen molar-refractivity contribution in [3.8, 4) is 0 Å². The highest BCUT2D eigenvalue weighted by atomic mass is 32.2.